The zero-order valence-corrected chi connectivity index (χ0v) is 11.8. The van der Waals surface area contributed by atoms with Crippen LogP contribution in [0.15, 0.2) is 23.1 Å². The van der Waals surface area contributed by atoms with E-state index in [1.807, 2.05) is 0 Å². The maximum Gasteiger partial charge on any atom is 0.238 e. The van der Waals surface area contributed by atoms with Gasteiger partial charge in [0.05, 0.1) is 9.72 Å². The van der Waals surface area contributed by atoms with E-state index in [0.717, 1.165) is 0 Å². The quantitative estimate of drug-likeness (QED) is 0.824. The van der Waals surface area contributed by atoms with Crippen LogP contribution in [0.3, 0.4) is 0 Å². The molecule has 5 nitrogen and oxygen atoms in total. The molecule has 1 aromatic rings. The average Bonchev–Trinajstić information content (AvgIpc) is 2.19. The largest absolute Gasteiger partial charge is 0.325 e. The Morgan fingerprint density at radius 1 is 1.47 bits per heavy atom. The Balaban J connectivity index is 3.10. The topological polar surface area (TPSA) is 89.3 Å². The monoisotopic (exact) mass is 320 g/mol. The first-order chi connectivity index (χ1) is 7.71. The second-order valence-corrected chi connectivity index (χ2v) is 6.53. The molecule has 17 heavy (non-hydrogen) atoms. The molecule has 0 radical (unpaired) electrons. The molecule has 3 N–H and O–H groups in total. The molecule has 0 heterocycles. The summed E-state index contributed by atoms with van der Waals surface area (Å²) in [6.45, 7) is 3.31. The van der Waals surface area contributed by atoms with Gasteiger partial charge >= 0.3 is 0 Å². The van der Waals surface area contributed by atoms with E-state index in [4.69, 9.17) is 5.14 Å². The lowest BCUT2D eigenvalue weighted by Gasteiger charge is -2.09. The van der Waals surface area contributed by atoms with Gasteiger partial charge in [0.15, 0.2) is 0 Å². The van der Waals surface area contributed by atoms with Crippen LogP contribution in [0.5, 0.6) is 0 Å². The smallest absolute Gasteiger partial charge is 0.238 e. The second kappa shape index (κ2) is 5.16. The number of carbonyl (C=O) groups excluding carboxylic acids is 1. The van der Waals surface area contributed by atoms with E-state index in [1.165, 1.54) is 6.07 Å². The van der Waals surface area contributed by atoms with E-state index in [2.05, 4.69) is 21.2 Å². The number of halogens is 1. The zero-order valence-electron chi connectivity index (χ0n) is 9.40. The number of hydrogen-bond acceptors (Lipinski definition) is 3. The van der Waals surface area contributed by atoms with Gasteiger partial charge in [-0.3, -0.25) is 4.79 Å². The van der Waals surface area contributed by atoms with Crippen molar-refractivity contribution < 1.29 is 13.2 Å². The highest BCUT2D eigenvalue weighted by atomic mass is 79.9. The third-order valence-corrected chi connectivity index (χ3v) is 3.59. The van der Waals surface area contributed by atoms with Crippen LogP contribution < -0.4 is 10.5 Å². The molecule has 94 valence electrons. The van der Waals surface area contributed by atoms with Crippen LogP contribution >= 0.6 is 15.9 Å². The fourth-order valence-electron chi connectivity index (χ4n) is 1.23. The van der Waals surface area contributed by atoms with Crippen molar-refractivity contribution in [3.05, 3.63) is 23.8 Å². The van der Waals surface area contributed by atoms with Gasteiger partial charge in [-0.15, -0.1) is 0 Å². The summed E-state index contributed by atoms with van der Waals surface area (Å²) in [6, 6.07) is 4.56. The lowest BCUT2D eigenvalue weighted by molar-refractivity contribution is -0.115. The normalized spacial score (nSPS) is 13.2. The number of alkyl halides is 1. The number of hydrogen-bond donors (Lipinski definition) is 2. The van der Waals surface area contributed by atoms with Gasteiger partial charge < -0.3 is 5.32 Å². The summed E-state index contributed by atoms with van der Waals surface area (Å²) < 4.78 is 22.6. The highest BCUT2D eigenvalue weighted by Gasteiger charge is 2.14. The van der Waals surface area contributed by atoms with Crippen LogP contribution in [0.1, 0.15) is 12.5 Å². The van der Waals surface area contributed by atoms with Crippen molar-refractivity contribution >= 4 is 37.5 Å². The third kappa shape index (κ3) is 3.79. The average molecular weight is 321 g/mol. The lowest BCUT2D eigenvalue weighted by Crippen LogP contribution is -2.20. The first-order valence-electron chi connectivity index (χ1n) is 4.80. The first-order valence-corrected chi connectivity index (χ1v) is 7.26. The van der Waals surface area contributed by atoms with Crippen molar-refractivity contribution in [1.82, 2.24) is 0 Å². The SMILES string of the molecule is Cc1ccc(NC(=O)C(C)Br)cc1S(N)(=O)=O. The number of primary sulfonamides is 1. The molecule has 0 bridgehead atoms. The van der Waals surface area contributed by atoms with Gasteiger partial charge in [-0.1, -0.05) is 22.0 Å². The highest BCUT2D eigenvalue weighted by molar-refractivity contribution is 9.10. The molecule has 1 aromatic carbocycles. The molecule has 1 rings (SSSR count). The van der Waals surface area contributed by atoms with Gasteiger partial charge in [0, 0.05) is 5.69 Å². The molecule has 0 saturated heterocycles. The third-order valence-electron chi connectivity index (χ3n) is 2.12. The van der Waals surface area contributed by atoms with Crippen LogP contribution in [-0.4, -0.2) is 19.2 Å². The van der Waals surface area contributed by atoms with Crippen molar-refractivity contribution in [1.29, 1.82) is 0 Å². The van der Waals surface area contributed by atoms with Gasteiger partial charge in [-0.05, 0) is 31.5 Å². The molecule has 1 unspecified atom stereocenters. The van der Waals surface area contributed by atoms with E-state index in [1.54, 1.807) is 26.0 Å². The summed E-state index contributed by atoms with van der Waals surface area (Å²) in [5.74, 6) is -0.255. The number of sulfonamides is 1. The molecular formula is C10H13BrN2O3S. The molecule has 1 atom stereocenters. The maximum absolute atomic E-state index is 11.4. The molecule has 1 amide bonds. The minimum atomic E-state index is -3.78. The molecule has 0 aliphatic rings. The van der Waals surface area contributed by atoms with Crippen LogP contribution in [-0.2, 0) is 14.8 Å². The zero-order chi connectivity index (χ0) is 13.2. The number of carbonyl (C=O) groups is 1. The number of benzene rings is 1. The number of rotatable bonds is 3. The fraction of sp³-hybridized carbons (Fsp3) is 0.300. The van der Waals surface area contributed by atoms with Gasteiger partial charge in [0.25, 0.3) is 0 Å². The van der Waals surface area contributed by atoms with Gasteiger partial charge in [-0.25, -0.2) is 13.6 Å². The van der Waals surface area contributed by atoms with E-state index in [9.17, 15) is 13.2 Å². The van der Waals surface area contributed by atoms with Crippen molar-refractivity contribution in [2.75, 3.05) is 5.32 Å². The number of anilines is 1. The van der Waals surface area contributed by atoms with E-state index >= 15 is 0 Å². The molecule has 7 heteroatoms. The van der Waals surface area contributed by atoms with E-state index in [-0.39, 0.29) is 15.6 Å². The summed E-state index contributed by atoms with van der Waals surface area (Å²) in [7, 11) is -3.78. The summed E-state index contributed by atoms with van der Waals surface area (Å²) in [6.07, 6.45) is 0. The number of amides is 1. The highest BCUT2D eigenvalue weighted by Crippen LogP contribution is 2.19. The predicted molar refractivity (Wildman–Crippen MR) is 69.6 cm³/mol. The Labute approximate surface area is 109 Å². The standard InChI is InChI=1S/C10H13BrN2O3S/c1-6-3-4-8(13-10(14)7(2)11)5-9(6)17(12,15)16/h3-5,7H,1-2H3,(H,13,14)(H2,12,15,16). The summed E-state index contributed by atoms with van der Waals surface area (Å²) in [5.41, 5.74) is 0.938. The maximum atomic E-state index is 11.4. The molecule has 0 aliphatic heterocycles. The molecular weight excluding hydrogens is 308 g/mol. The Morgan fingerprint density at radius 3 is 2.53 bits per heavy atom. The van der Waals surface area contributed by atoms with Crippen molar-refractivity contribution in [3.63, 3.8) is 0 Å². The Hall–Kier alpha value is -0.920. The van der Waals surface area contributed by atoms with Crippen LogP contribution in [0.4, 0.5) is 5.69 Å². The summed E-state index contributed by atoms with van der Waals surface area (Å²) in [4.78, 5) is 11.1. The second-order valence-electron chi connectivity index (χ2n) is 3.63. The fourth-order valence-corrected chi connectivity index (χ4v) is 2.15. The van der Waals surface area contributed by atoms with Crippen LogP contribution in [0.25, 0.3) is 0 Å². The molecule has 0 aliphatic carbocycles. The molecule has 0 fully saturated rings. The Kier molecular flexibility index (Phi) is 4.29. The number of aryl methyl sites for hydroxylation is 1. The Bertz CT molecular complexity index is 540. The Morgan fingerprint density at radius 2 is 2.06 bits per heavy atom. The number of nitrogens with one attached hydrogen (secondary N) is 1. The van der Waals surface area contributed by atoms with Gasteiger partial charge in [0.2, 0.25) is 15.9 Å². The molecule has 0 spiro atoms. The minimum Gasteiger partial charge on any atom is -0.325 e. The van der Waals surface area contributed by atoms with E-state index < -0.39 is 10.0 Å². The van der Waals surface area contributed by atoms with Crippen molar-refractivity contribution in [3.8, 4) is 0 Å². The van der Waals surface area contributed by atoms with Gasteiger partial charge in [0.1, 0.15) is 0 Å². The van der Waals surface area contributed by atoms with Crippen molar-refractivity contribution in [2.45, 2.75) is 23.6 Å². The summed E-state index contributed by atoms with van der Waals surface area (Å²) >= 11 is 3.11. The lowest BCUT2D eigenvalue weighted by atomic mass is 10.2. The van der Waals surface area contributed by atoms with Crippen LogP contribution in [0.2, 0.25) is 0 Å². The number of nitrogens with two attached hydrogens (primary N) is 1. The predicted octanol–water partition coefficient (Wildman–Crippen LogP) is 1.36. The van der Waals surface area contributed by atoms with Crippen molar-refractivity contribution in [2.24, 2.45) is 5.14 Å². The van der Waals surface area contributed by atoms with Crippen LogP contribution in [0, 0.1) is 6.92 Å². The minimum absolute atomic E-state index is 0.0116. The van der Waals surface area contributed by atoms with E-state index in [0.29, 0.717) is 11.3 Å². The first kappa shape index (κ1) is 14.1. The summed E-state index contributed by atoms with van der Waals surface area (Å²) in [5, 5.41) is 7.64. The molecule has 0 aromatic heterocycles. The van der Waals surface area contributed by atoms with Gasteiger partial charge in [-0.2, -0.15) is 0 Å². The molecule has 0 saturated carbocycles.